The van der Waals surface area contributed by atoms with Crippen molar-refractivity contribution in [3.63, 3.8) is 0 Å². The number of rotatable bonds is 9. The van der Waals surface area contributed by atoms with Crippen molar-refractivity contribution >= 4 is 11.7 Å². The SMILES string of the molecule is COc1ccc(OCCOc2cc(C(=O)OCc3ccccc3)ccc2N)cc1. The summed E-state index contributed by atoms with van der Waals surface area (Å²) in [4.78, 5) is 12.3. The van der Waals surface area contributed by atoms with Gasteiger partial charge in [-0.1, -0.05) is 30.3 Å². The molecule has 3 rings (SSSR count). The maximum absolute atomic E-state index is 12.3. The lowest BCUT2D eigenvalue weighted by atomic mass is 10.2. The molecule has 3 aromatic rings. The summed E-state index contributed by atoms with van der Waals surface area (Å²) >= 11 is 0. The third kappa shape index (κ3) is 5.90. The average molecular weight is 393 g/mol. The molecule has 0 saturated carbocycles. The average Bonchev–Trinajstić information content (AvgIpc) is 2.77. The number of hydrogen-bond donors (Lipinski definition) is 1. The second kappa shape index (κ2) is 10.0. The van der Waals surface area contributed by atoms with E-state index in [1.165, 1.54) is 0 Å². The zero-order chi connectivity index (χ0) is 20.5. The molecule has 0 saturated heterocycles. The van der Waals surface area contributed by atoms with Crippen LogP contribution in [0.5, 0.6) is 17.2 Å². The Morgan fingerprint density at radius 3 is 2.28 bits per heavy atom. The molecule has 0 aliphatic carbocycles. The van der Waals surface area contributed by atoms with Gasteiger partial charge in [0.15, 0.2) is 0 Å². The molecular weight excluding hydrogens is 370 g/mol. The summed E-state index contributed by atoms with van der Waals surface area (Å²) in [5.74, 6) is 1.45. The van der Waals surface area contributed by atoms with E-state index in [1.54, 1.807) is 25.3 Å². The molecule has 0 bridgehead atoms. The summed E-state index contributed by atoms with van der Waals surface area (Å²) in [6.45, 7) is 0.809. The molecule has 29 heavy (non-hydrogen) atoms. The van der Waals surface area contributed by atoms with Crippen LogP contribution in [0.15, 0.2) is 72.8 Å². The van der Waals surface area contributed by atoms with Crippen LogP contribution < -0.4 is 19.9 Å². The molecule has 0 unspecified atom stereocenters. The number of methoxy groups -OCH3 is 1. The Balaban J connectivity index is 1.50. The topological polar surface area (TPSA) is 80.0 Å². The molecule has 3 aromatic carbocycles. The van der Waals surface area contributed by atoms with Gasteiger partial charge < -0.3 is 24.7 Å². The molecule has 6 heteroatoms. The van der Waals surface area contributed by atoms with Gasteiger partial charge in [0.1, 0.15) is 37.1 Å². The van der Waals surface area contributed by atoms with Crippen LogP contribution in [-0.4, -0.2) is 26.3 Å². The third-order valence-corrected chi connectivity index (χ3v) is 4.13. The van der Waals surface area contributed by atoms with Gasteiger partial charge in [0.2, 0.25) is 0 Å². The van der Waals surface area contributed by atoms with Crippen molar-refractivity contribution in [3.05, 3.63) is 83.9 Å². The summed E-state index contributed by atoms with van der Waals surface area (Å²) in [6.07, 6.45) is 0. The number of benzene rings is 3. The van der Waals surface area contributed by atoms with E-state index in [0.29, 0.717) is 29.4 Å². The molecule has 0 aliphatic rings. The van der Waals surface area contributed by atoms with Gasteiger partial charge in [-0.15, -0.1) is 0 Å². The molecule has 0 fully saturated rings. The van der Waals surface area contributed by atoms with Gasteiger partial charge in [-0.05, 0) is 48.0 Å². The van der Waals surface area contributed by atoms with Crippen LogP contribution in [0.25, 0.3) is 0 Å². The number of ether oxygens (including phenoxy) is 4. The maximum atomic E-state index is 12.3. The molecule has 0 amide bonds. The lowest BCUT2D eigenvalue weighted by Crippen LogP contribution is -2.11. The fourth-order valence-electron chi connectivity index (χ4n) is 2.58. The Morgan fingerprint density at radius 2 is 1.55 bits per heavy atom. The summed E-state index contributed by atoms with van der Waals surface area (Å²) < 4.78 is 21.7. The number of nitrogens with two attached hydrogens (primary N) is 1. The first-order valence-electron chi connectivity index (χ1n) is 9.16. The lowest BCUT2D eigenvalue weighted by molar-refractivity contribution is 0.0472. The first-order chi connectivity index (χ1) is 14.2. The van der Waals surface area contributed by atoms with Crippen LogP contribution in [0, 0.1) is 0 Å². The minimum Gasteiger partial charge on any atom is -0.497 e. The molecule has 150 valence electrons. The zero-order valence-electron chi connectivity index (χ0n) is 16.2. The number of carbonyl (C=O) groups is 1. The summed E-state index contributed by atoms with van der Waals surface area (Å²) in [5.41, 5.74) is 7.68. The highest BCUT2D eigenvalue weighted by Gasteiger charge is 2.11. The molecule has 2 N–H and O–H groups in total. The van der Waals surface area contributed by atoms with E-state index in [-0.39, 0.29) is 13.2 Å². The predicted molar refractivity (Wildman–Crippen MR) is 110 cm³/mol. The normalized spacial score (nSPS) is 10.2. The van der Waals surface area contributed by atoms with E-state index in [2.05, 4.69) is 0 Å². The monoisotopic (exact) mass is 393 g/mol. The van der Waals surface area contributed by atoms with Crippen LogP contribution in [0.1, 0.15) is 15.9 Å². The van der Waals surface area contributed by atoms with E-state index < -0.39 is 5.97 Å². The van der Waals surface area contributed by atoms with Crippen LogP contribution in [0.3, 0.4) is 0 Å². The standard InChI is InChI=1S/C23H23NO5/c1-26-19-8-10-20(11-9-19)27-13-14-28-22-15-18(7-12-21(22)24)23(25)29-16-17-5-3-2-4-6-17/h2-12,15H,13-14,16,24H2,1H3. The first kappa shape index (κ1) is 20.1. The molecule has 0 aliphatic heterocycles. The minimum atomic E-state index is -0.437. The Labute approximate surface area is 169 Å². The van der Waals surface area contributed by atoms with E-state index in [9.17, 15) is 4.79 Å². The lowest BCUT2D eigenvalue weighted by Gasteiger charge is -2.12. The highest BCUT2D eigenvalue weighted by atomic mass is 16.5. The summed E-state index contributed by atoms with van der Waals surface area (Å²) in [6, 6.07) is 21.6. The van der Waals surface area contributed by atoms with Crippen molar-refractivity contribution in [2.45, 2.75) is 6.61 Å². The molecule has 0 radical (unpaired) electrons. The maximum Gasteiger partial charge on any atom is 0.338 e. The van der Waals surface area contributed by atoms with E-state index in [1.807, 2.05) is 54.6 Å². The summed E-state index contributed by atoms with van der Waals surface area (Å²) in [7, 11) is 1.61. The first-order valence-corrected chi connectivity index (χ1v) is 9.16. The van der Waals surface area contributed by atoms with Crippen molar-refractivity contribution in [3.8, 4) is 17.2 Å². The number of hydrogen-bond acceptors (Lipinski definition) is 6. The van der Waals surface area contributed by atoms with Gasteiger partial charge >= 0.3 is 5.97 Å². The van der Waals surface area contributed by atoms with Crippen LogP contribution in [0.2, 0.25) is 0 Å². The van der Waals surface area contributed by atoms with Crippen molar-refractivity contribution in [1.82, 2.24) is 0 Å². The second-order valence-corrected chi connectivity index (χ2v) is 6.19. The Hall–Kier alpha value is -3.67. The Bertz CT molecular complexity index is 926. The highest BCUT2D eigenvalue weighted by Crippen LogP contribution is 2.24. The molecule has 0 heterocycles. The quantitative estimate of drug-likeness (QED) is 0.335. The fourth-order valence-corrected chi connectivity index (χ4v) is 2.58. The number of esters is 1. The number of anilines is 1. The van der Waals surface area contributed by atoms with Gasteiger partial charge in [-0.2, -0.15) is 0 Å². The van der Waals surface area contributed by atoms with Crippen molar-refractivity contribution < 1.29 is 23.7 Å². The highest BCUT2D eigenvalue weighted by molar-refractivity contribution is 5.90. The molecule has 0 aromatic heterocycles. The molecule has 6 nitrogen and oxygen atoms in total. The summed E-state index contributed by atoms with van der Waals surface area (Å²) in [5, 5.41) is 0. The van der Waals surface area contributed by atoms with Gasteiger partial charge in [0.05, 0.1) is 18.4 Å². The van der Waals surface area contributed by atoms with E-state index in [4.69, 9.17) is 24.7 Å². The zero-order valence-corrected chi connectivity index (χ0v) is 16.2. The fraction of sp³-hybridized carbons (Fsp3) is 0.174. The molecular formula is C23H23NO5. The van der Waals surface area contributed by atoms with Crippen LogP contribution in [-0.2, 0) is 11.3 Å². The van der Waals surface area contributed by atoms with Gasteiger partial charge in [0.25, 0.3) is 0 Å². The van der Waals surface area contributed by atoms with Gasteiger partial charge in [-0.25, -0.2) is 4.79 Å². The van der Waals surface area contributed by atoms with E-state index >= 15 is 0 Å². The second-order valence-electron chi connectivity index (χ2n) is 6.19. The molecule has 0 atom stereocenters. The van der Waals surface area contributed by atoms with Crippen molar-refractivity contribution in [2.24, 2.45) is 0 Å². The Morgan fingerprint density at radius 1 is 0.862 bits per heavy atom. The largest absolute Gasteiger partial charge is 0.497 e. The third-order valence-electron chi connectivity index (χ3n) is 4.13. The predicted octanol–water partition coefficient (Wildman–Crippen LogP) is 4.09. The van der Waals surface area contributed by atoms with Crippen molar-refractivity contribution in [2.75, 3.05) is 26.1 Å². The minimum absolute atomic E-state index is 0.204. The van der Waals surface area contributed by atoms with Gasteiger partial charge in [0, 0.05) is 0 Å². The smallest absolute Gasteiger partial charge is 0.338 e. The number of carbonyl (C=O) groups excluding carboxylic acids is 1. The van der Waals surface area contributed by atoms with E-state index in [0.717, 1.165) is 11.3 Å². The Kier molecular flexibility index (Phi) is 6.95. The van der Waals surface area contributed by atoms with Crippen LogP contribution >= 0.6 is 0 Å². The number of nitrogen functional groups attached to an aromatic ring is 1. The van der Waals surface area contributed by atoms with Crippen LogP contribution in [0.4, 0.5) is 5.69 Å². The van der Waals surface area contributed by atoms with Crippen molar-refractivity contribution in [1.29, 1.82) is 0 Å². The molecule has 0 spiro atoms. The van der Waals surface area contributed by atoms with Gasteiger partial charge in [-0.3, -0.25) is 0 Å².